The fraction of sp³-hybridized carbons (Fsp3) is 0.556. The number of allylic oxidation sites excluding steroid dienone is 1. The molecule has 0 amide bonds. The predicted molar refractivity (Wildman–Crippen MR) is 45.3 cm³/mol. The second kappa shape index (κ2) is 3.60. The molecule has 0 fully saturated rings. The molecule has 0 saturated carbocycles. The highest BCUT2D eigenvalue weighted by atomic mass is 16.4. The van der Waals surface area contributed by atoms with Crippen molar-refractivity contribution in [2.24, 2.45) is 5.92 Å². The molecule has 13 heavy (non-hydrogen) atoms. The van der Waals surface area contributed by atoms with E-state index in [2.05, 4.69) is 0 Å². The first-order valence-electron chi connectivity index (χ1n) is 4.17. The van der Waals surface area contributed by atoms with E-state index in [1.54, 1.807) is 6.92 Å². The van der Waals surface area contributed by atoms with Crippen molar-refractivity contribution in [3.05, 3.63) is 11.1 Å². The average molecular weight is 184 g/mol. The van der Waals surface area contributed by atoms with Crippen LogP contribution in [-0.2, 0) is 9.59 Å². The molecule has 0 saturated heterocycles. The van der Waals surface area contributed by atoms with Crippen LogP contribution >= 0.6 is 0 Å². The summed E-state index contributed by atoms with van der Waals surface area (Å²) in [4.78, 5) is 21.3. The molecule has 0 aliphatic heterocycles. The molecule has 1 aliphatic rings. The van der Waals surface area contributed by atoms with E-state index >= 15 is 0 Å². The van der Waals surface area contributed by atoms with E-state index < -0.39 is 17.9 Å². The third kappa shape index (κ3) is 2.08. The number of hydrogen-bond donors (Lipinski definition) is 2. The zero-order chi connectivity index (χ0) is 10.0. The highest BCUT2D eigenvalue weighted by molar-refractivity contribution is 5.89. The minimum Gasteiger partial charge on any atom is -0.481 e. The first-order chi connectivity index (χ1) is 6.02. The van der Waals surface area contributed by atoms with E-state index in [-0.39, 0.29) is 12.0 Å². The Kier molecular flexibility index (Phi) is 2.70. The second-order valence-electron chi connectivity index (χ2n) is 3.34. The third-order valence-electron chi connectivity index (χ3n) is 2.44. The molecule has 1 unspecified atom stereocenters. The molecule has 1 aliphatic carbocycles. The summed E-state index contributed by atoms with van der Waals surface area (Å²) in [6, 6.07) is 0. The van der Waals surface area contributed by atoms with Crippen molar-refractivity contribution in [2.45, 2.75) is 26.2 Å². The van der Waals surface area contributed by atoms with Gasteiger partial charge >= 0.3 is 11.9 Å². The van der Waals surface area contributed by atoms with Crippen LogP contribution in [0, 0.1) is 5.92 Å². The van der Waals surface area contributed by atoms with Crippen molar-refractivity contribution in [1.82, 2.24) is 0 Å². The number of hydrogen-bond acceptors (Lipinski definition) is 2. The van der Waals surface area contributed by atoms with Gasteiger partial charge in [0.25, 0.3) is 0 Å². The molecule has 4 heteroatoms. The normalized spacial score (nSPS) is 23.0. The lowest BCUT2D eigenvalue weighted by atomic mass is 9.84. The smallest absolute Gasteiger partial charge is 0.331 e. The monoisotopic (exact) mass is 184 g/mol. The van der Waals surface area contributed by atoms with Crippen LogP contribution in [0.1, 0.15) is 26.2 Å². The maximum absolute atomic E-state index is 10.7. The molecular weight excluding hydrogens is 172 g/mol. The predicted octanol–water partition coefficient (Wildman–Crippen LogP) is 1.27. The lowest BCUT2D eigenvalue weighted by Crippen LogP contribution is -2.21. The molecule has 0 bridgehead atoms. The van der Waals surface area contributed by atoms with Gasteiger partial charge in [-0.3, -0.25) is 4.79 Å². The second-order valence-corrected chi connectivity index (χ2v) is 3.34. The molecule has 0 radical (unpaired) electrons. The van der Waals surface area contributed by atoms with E-state index in [4.69, 9.17) is 10.2 Å². The van der Waals surface area contributed by atoms with Crippen LogP contribution in [-0.4, -0.2) is 22.2 Å². The van der Waals surface area contributed by atoms with Crippen LogP contribution in [0.15, 0.2) is 11.1 Å². The van der Waals surface area contributed by atoms with Gasteiger partial charge in [0.15, 0.2) is 0 Å². The summed E-state index contributed by atoms with van der Waals surface area (Å²) in [5.74, 6) is -2.40. The minimum absolute atomic E-state index is 0.163. The topological polar surface area (TPSA) is 74.6 Å². The molecule has 4 nitrogen and oxygen atoms in total. The Morgan fingerprint density at radius 1 is 1.38 bits per heavy atom. The largest absolute Gasteiger partial charge is 0.481 e. The number of carboxylic acid groups (broad SMARTS) is 2. The summed E-state index contributed by atoms with van der Waals surface area (Å²) in [6.07, 6.45) is 1.30. The van der Waals surface area contributed by atoms with E-state index in [1.165, 1.54) is 0 Å². The summed E-state index contributed by atoms with van der Waals surface area (Å²) >= 11 is 0. The molecule has 0 spiro atoms. The Morgan fingerprint density at radius 2 is 2.00 bits per heavy atom. The van der Waals surface area contributed by atoms with Gasteiger partial charge in [0.05, 0.1) is 5.92 Å². The molecule has 0 aromatic carbocycles. The Hall–Kier alpha value is -1.32. The maximum Gasteiger partial charge on any atom is 0.331 e. The van der Waals surface area contributed by atoms with Gasteiger partial charge in [0.1, 0.15) is 0 Å². The molecule has 0 aromatic heterocycles. The van der Waals surface area contributed by atoms with E-state index in [0.717, 1.165) is 5.57 Å². The van der Waals surface area contributed by atoms with Crippen molar-refractivity contribution in [1.29, 1.82) is 0 Å². The van der Waals surface area contributed by atoms with Crippen LogP contribution in [0.4, 0.5) is 0 Å². The van der Waals surface area contributed by atoms with Crippen LogP contribution in [0.25, 0.3) is 0 Å². The van der Waals surface area contributed by atoms with Crippen LogP contribution in [0.3, 0.4) is 0 Å². The summed E-state index contributed by atoms with van der Waals surface area (Å²) in [7, 11) is 0. The maximum atomic E-state index is 10.7. The van der Waals surface area contributed by atoms with Crippen LogP contribution in [0.5, 0.6) is 0 Å². The molecular formula is C9H12O4. The average Bonchev–Trinajstić information content (AvgIpc) is 2.04. The highest BCUT2D eigenvalue weighted by Gasteiger charge is 2.27. The van der Waals surface area contributed by atoms with E-state index in [0.29, 0.717) is 12.8 Å². The quantitative estimate of drug-likeness (QED) is 0.677. The lowest BCUT2D eigenvalue weighted by molar-refractivity contribution is -0.142. The minimum atomic E-state index is -0.983. The Bertz CT molecular complexity index is 277. The van der Waals surface area contributed by atoms with Crippen LogP contribution < -0.4 is 0 Å². The molecule has 72 valence electrons. The van der Waals surface area contributed by atoms with Crippen molar-refractivity contribution < 1.29 is 19.8 Å². The van der Waals surface area contributed by atoms with Crippen molar-refractivity contribution >= 4 is 11.9 Å². The molecule has 0 aromatic rings. The molecule has 1 atom stereocenters. The van der Waals surface area contributed by atoms with Gasteiger partial charge in [-0.15, -0.1) is 0 Å². The van der Waals surface area contributed by atoms with Crippen molar-refractivity contribution in [3.8, 4) is 0 Å². The Labute approximate surface area is 75.9 Å². The van der Waals surface area contributed by atoms with Gasteiger partial charge < -0.3 is 10.2 Å². The van der Waals surface area contributed by atoms with Gasteiger partial charge in [-0.25, -0.2) is 4.79 Å². The van der Waals surface area contributed by atoms with Gasteiger partial charge in [-0.1, -0.05) is 5.57 Å². The third-order valence-corrected chi connectivity index (χ3v) is 2.44. The molecule has 0 heterocycles. The van der Waals surface area contributed by atoms with Gasteiger partial charge in [-0.2, -0.15) is 0 Å². The Balaban J connectivity index is 2.82. The Morgan fingerprint density at radius 3 is 2.46 bits per heavy atom. The zero-order valence-electron chi connectivity index (χ0n) is 7.41. The van der Waals surface area contributed by atoms with Gasteiger partial charge in [0.2, 0.25) is 0 Å². The summed E-state index contributed by atoms with van der Waals surface area (Å²) in [5, 5.41) is 17.5. The number of rotatable bonds is 2. The van der Waals surface area contributed by atoms with E-state index in [1.807, 2.05) is 0 Å². The van der Waals surface area contributed by atoms with E-state index in [9.17, 15) is 9.59 Å². The fourth-order valence-corrected chi connectivity index (χ4v) is 1.54. The van der Waals surface area contributed by atoms with Gasteiger partial charge in [0, 0.05) is 5.57 Å². The first kappa shape index (κ1) is 9.77. The molecule has 2 N–H and O–H groups in total. The van der Waals surface area contributed by atoms with Crippen LogP contribution in [0.2, 0.25) is 0 Å². The SMILES string of the molecule is CC1=C(C(=O)O)CC(C(=O)O)CC1. The lowest BCUT2D eigenvalue weighted by Gasteiger charge is -2.20. The van der Waals surface area contributed by atoms with Gasteiger partial charge in [-0.05, 0) is 26.2 Å². The number of aliphatic carboxylic acids is 2. The van der Waals surface area contributed by atoms with Crippen molar-refractivity contribution in [2.75, 3.05) is 0 Å². The number of carbonyl (C=O) groups is 2. The summed E-state index contributed by atoms with van der Waals surface area (Å²) in [5.41, 5.74) is 1.09. The fourth-order valence-electron chi connectivity index (χ4n) is 1.54. The summed E-state index contributed by atoms with van der Waals surface area (Å²) in [6.45, 7) is 1.75. The number of carboxylic acids is 2. The molecule has 1 rings (SSSR count). The first-order valence-corrected chi connectivity index (χ1v) is 4.17. The highest BCUT2D eigenvalue weighted by Crippen LogP contribution is 2.29. The zero-order valence-corrected chi connectivity index (χ0v) is 7.41. The summed E-state index contributed by atoms with van der Waals surface area (Å²) < 4.78 is 0. The van der Waals surface area contributed by atoms with Crippen molar-refractivity contribution in [3.63, 3.8) is 0 Å². The standard InChI is InChI=1S/C9H12O4/c1-5-2-3-6(8(10)11)4-7(5)9(12)13/h6H,2-4H2,1H3,(H,10,11)(H,12,13).